The Morgan fingerprint density at radius 2 is 2.08 bits per heavy atom. The number of nitrogens with zero attached hydrogens (tertiary/aromatic N) is 5. The van der Waals surface area contributed by atoms with Gasteiger partial charge in [-0.05, 0) is 39.8 Å². The minimum absolute atomic E-state index is 0.00278. The SMILES string of the molecule is Cc1nc(C)c(C(C)N(C)C(=O)Cn2nc(C)c3cccnc32)s1. The van der Waals surface area contributed by atoms with Crippen LogP contribution in [0.3, 0.4) is 0 Å². The van der Waals surface area contributed by atoms with E-state index in [1.54, 1.807) is 27.1 Å². The lowest BCUT2D eigenvalue weighted by Crippen LogP contribution is -2.32. The molecule has 0 bridgehead atoms. The molecule has 0 saturated heterocycles. The van der Waals surface area contributed by atoms with Crippen molar-refractivity contribution in [3.63, 3.8) is 0 Å². The normalized spacial score (nSPS) is 12.5. The first-order valence-corrected chi connectivity index (χ1v) is 8.68. The Hall–Kier alpha value is -2.28. The molecule has 0 N–H and O–H groups in total. The number of carbonyl (C=O) groups excluding carboxylic acids is 1. The van der Waals surface area contributed by atoms with Gasteiger partial charge in [-0.1, -0.05) is 0 Å². The zero-order chi connectivity index (χ0) is 17.4. The third-order valence-electron chi connectivity index (χ3n) is 4.27. The van der Waals surface area contributed by atoms with E-state index in [-0.39, 0.29) is 18.5 Å². The molecule has 126 valence electrons. The number of hydrogen-bond donors (Lipinski definition) is 0. The molecule has 0 aromatic carbocycles. The lowest BCUT2D eigenvalue weighted by atomic mass is 10.2. The number of thiazole rings is 1. The first-order valence-electron chi connectivity index (χ1n) is 7.86. The fourth-order valence-corrected chi connectivity index (χ4v) is 3.87. The summed E-state index contributed by atoms with van der Waals surface area (Å²) < 4.78 is 1.68. The van der Waals surface area contributed by atoms with Crippen LogP contribution in [0.5, 0.6) is 0 Å². The van der Waals surface area contributed by atoms with Crippen LogP contribution in [-0.4, -0.2) is 37.6 Å². The molecule has 0 aliphatic heterocycles. The molecule has 0 saturated carbocycles. The van der Waals surface area contributed by atoms with E-state index in [2.05, 4.69) is 15.1 Å². The van der Waals surface area contributed by atoms with Crippen LogP contribution < -0.4 is 0 Å². The smallest absolute Gasteiger partial charge is 0.244 e. The molecule has 3 heterocycles. The number of aryl methyl sites for hydroxylation is 3. The van der Waals surface area contributed by atoms with Crippen molar-refractivity contribution in [3.05, 3.63) is 39.6 Å². The van der Waals surface area contributed by atoms with Crippen LogP contribution in [0.15, 0.2) is 18.3 Å². The van der Waals surface area contributed by atoms with Crippen LogP contribution >= 0.6 is 11.3 Å². The molecular formula is C17H21N5OS. The molecule has 0 aliphatic carbocycles. The number of hydrogen-bond acceptors (Lipinski definition) is 5. The minimum atomic E-state index is -0.0143. The highest BCUT2D eigenvalue weighted by Crippen LogP contribution is 2.28. The highest BCUT2D eigenvalue weighted by Gasteiger charge is 2.22. The Morgan fingerprint density at radius 3 is 2.75 bits per heavy atom. The average Bonchev–Trinajstić information content (AvgIpc) is 3.06. The van der Waals surface area contributed by atoms with Gasteiger partial charge in [-0.2, -0.15) is 5.10 Å². The van der Waals surface area contributed by atoms with Gasteiger partial charge in [0, 0.05) is 23.5 Å². The molecule has 6 nitrogen and oxygen atoms in total. The second-order valence-electron chi connectivity index (χ2n) is 5.98. The van der Waals surface area contributed by atoms with Crippen molar-refractivity contribution in [2.75, 3.05) is 7.05 Å². The number of rotatable bonds is 4. The van der Waals surface area contributed by atoms with Crippen molar-refractivity contribution >= 4 is 28.3 Å². The van der Waals surface area contributed by atoms with Crippen molar-refractivity contribution < 1.29 is 4.79 Å². The average molecular weight is 343 g/mol. The van der Waals surface area contributed by atoms with E-state index in [0.29, 0.717) is 0 Å². The van der Waals surface area contributed by atoms with Crippen molar-refractivity contribution in [1.29, 1.82) is 0 Å². The molecular weight excluding hydrogens is 322 g/mol. The van der Waals surface area contributed by atoms with Crippen molar-refractivity contribution in [1.82, 2.24) is 24.6 Å². The summed E-state index contributed by atoms with van der Waals surface area (Å²) >= 11 is 1.64. The van der Waals surface area contributed by atoms with Gasteiger partial charge in [0.2, 0.25) is 5.91 Å². The number of fused-ring (bicyclic) bond motifs is 1. The van der Waals surface area contributed by atoms with E-state index in [1.807, 2.05) is 46.9 Å². The zero-order valence-electron chi connectivity index (χ0n) is 14.6. The minimum Gasteiger partial charge on any atom is -0.337 e. The van der Waals surface area contributed by atoms with Gasteiger partial charge in [-0.3, -0.25) is 4.79 Å². The lowest BCUT2D eigenvalue weighted by Gasteiger charge is -2.24. The van der Waals surface area contributed by atoms with Crippen LogP contribution in [0.25, 0.3) is 11.0 Å². The summed E-state index contributed by atoms with van der Waals surface area (Å²) in [5.41, 5.74) is 2.62. The predicted molar refractivity (Wildman–Crippen MR) is 95.0 cm³/mol. The predicted octanol–water partition coefficient (Wildman–Crippen LogP) is 3.03. The first-order chi connectivity index (χ1) is 11.4. The van der Waals surface area contributed by atoms with Crippen molar-refractivity contribution in [3.8, 4) is 0 Å². The van der Waals surface area contributed by atoms with E-state index in [9.17, 15) is 4.79 Å². The summed E-state index contributed by atoms with van der Waals surface area (Å²) in [6.45, 7) is 8.12. The molecule has 24 heavy (non-hydrogen) atoms. The van der Waals surface area contributed by atoms with Crippen molar-refractivity contribution in [2.45, 2.75) is 40.3 Å². The third-order valence-corrected chi connectivity index (χ3v) is 5.51. The summed E-state index contributed by atoms with van der Waals surface area (Å²) in [6.07, 6.45) is 1.72. The molecule has 3 aromatic rings. The fourth-order valence-electron chi connectivity index (χ4n) is 2.84. The van der Waals surface area contributed by atoms with Crippen LogP contribution in [-0.2, 0) is 11.3 Å². The molecule has 7 heteroatoms. The van der Waals surface area contributed by atoms with E-state index >= 15 is 0 Å². The van der Waals surface area contributed by atoms with Gasteiger partial charge in [0.05, 0.1) is 22.4 Å². The van der Waals surface area contributed by atoms with Crippen LogP contribution in [0.2, 0.25) is 0 Å². The van der Waals surface area contributed by atoms with Gasteiger partial charge in [0.1, 0.15) is 6.54 Å². The monoisotopic (exact) mass is 343 g/mol. The fraction of sp³-hybridized carbons (Fsp3) is 0.412. The molecule has 0 spiro atoms. The quantitative estimate of drug-likeness (QED) is 0.730. The Kier molecular flexibility index (Phi) is 4.36. The Balaban J connectivity index is 1.82. The van der Waals surface area contributed by atoms with Gasteiger partial charge in [-0.25, -0.2) is 14.6 Å². The van der Waals surface area contributed by atoms with Gasteiger partial charge in [-0.15, -0.1) is 11.3 Å². The highest BCUT2D eigenvalue weighted by atomic mass is 32.1. The Bertz CT molecular complexity index is 898. The summed E-state index contributed by atoms with van der Waals surface area (Å²) in [5, 5.41) is 6.47. The third kappa shape index (κ3) is 2.91. The lowest BCUT2D eigenvalue weighted by molar-refractivity contribution is -0.132. The van der Waals surface area contributed by atoms with E-state index < -0.39 is 0 Å². The maximum atomic E-state index is 12.7. The van der Waals surface area contributed by atoms with Gasteiger partial charge < -0.3 is 4.90 Å². The Labute approximate surface area is 145 Å². The molecule has 1 amide bonds. The van der Waals surface area contributed by atoms with Gasteiger partial charge >= 0.3 is 0 Å². The molecule has 3 aromatic heterocycles. The van der Waals surface area contributed by atoms with Crippen LogP contribution in [0.4, 0.5) is 0 Å². The number of likely N-dealkylation sites (N-methyl/N-ethyl adjacent to an activating group) is 1. The largest absolute Gasteiger partial charge is 0.337 e. The maximum absolute atomic E-state index is 12.7. The van der Waals surface area contributed by atoms with Crippen LogP contribution in [0.1, 0.15) is 34.2 Å². The Morgan fingerprint density at radius 1 is 1.33 bits per heavy atom. The molecule has 1 atom stereocenters. The van der Waals surface area contributed by atoms with Gasteiger partial charge in [0.25, 0.3) is 0 Å². The summed E-state index contributed by atoms with van der Waals surface area (Å²) in [5.74, 6) is 0.00278. The summed E-state index contributed by atoms with van der Waals surface area (Å²) in [7, 11) is 1.83. The molecule has 0 aliphatic rings. The number of amides is 1. The zero-order valence-corrected chi connectivity index (χ0v) is 15.4. The number of aromatic nitrogens is 4. The number of carbonyl (C=O) groups is 1. The molecule has 0 fully saturated rings. The summed E-state index contributed by atoms with van der Waals surface area (Å²) in [4.78, 5) is 24.4. The van der Waals surface area contributed by atoms with E-state index in [4.69, 9.17) is 0 Å². The van der Waals surface area contributed by atoms with E-state index in [1.165, 1.54) is 0 Å². The first kappa shape index (κ1) is 16.6. The highest BCUT2D eigenvalue weighted by molar-refractivity contribution is 7.11. The molecule has 1 unspecified atom stereocenters. The summed E-state index contributed by atoms with van der Waals surface area (Å²) in [6, 6.07) is 3.84. The van der Waals surface area contributed by atoms with Gasteiger partial charge in [0.15, 0.2) is 5.65 Å². The second kappa shape index (κ2) is 6.32. The standard InChI is InChI=1S/C17H21N5OS/c1-10-14-7-6-8-18-17(14)22(20-10)9-15(23)21(5)12(3)16-11(2)19-13(4)24-16/h6-8,12H,9H2,1-5H3. The van der Waals surface area contributed by atoms with E-state index in [0.717, 1.165) is 32.3 Å². The number of pyridine rings is 1. The molecule has 0 radical (unpaired) electrons. The topological polar surface area (TPSA) is 63.9 Å². The van der Waals surface area contributed by atoms with Crippen LogP contribution in [0, 0.1) is 20.8 Å². The van der Waals surface area contributed by atoms with Crippen molar-refractivity contribution in [2.24, 2.45) is 0 Å². The second-order valence-corrected chi connectivity index (χ2v) is 7.22. The molecule has 3 rings (SSSR count). The maximum Gasteiger partial charge on any atom is 0.244 e.